The molecule has 2 aromatic rings. The number of hydrogen-bond donors (Lipinski definition) is 1. The first-order valence-electron chi connectivity index (χ1n) is 5.80. The summed E-state index contributed by atoms with van der Waals surface area (Å²) in [6.07, 6.45) is 1.78. The Kier molecular flexibility index (Phi) is 4.17. The number of pyridine rings is 1. The molecule has 0 bridgehead atoms. The fourth-order valence-electron chi connectivity index (χ4n) is 1.64. The normalized spacial score (nSPS) is 10.6. The van der Waals surface area contributed by atoms with E-state index >= 15 is 0 Å². The van der Waals surface area contributed by atoms with Crippen LogP contribution < -0.4 is 0 Å². The molecule has 2 rings (SSSR count). The summed E-state index contributed by atoms with van der Waals surface area (Å²) in [7, 11) is 0. The number of H-pyrrole nitrogens is 1. The van der Waals surface area contributed by atoms with Crippen LogP contribution in [-0.2, 0) is 11.3 Å². The molecule has 0 unspecified atom stereocenters. The van der Waals surface area contributed by atoms with Crippen molar-refractivity contribution in [1.82, 2.24) is 15.0 Å². The molecule has 94 valence electrons. The summed E-state index contributed by atoms with van der Waals surface area (Å²) in [5, 5.41) is 0. The van der Waals surface area contributed by atoms with Gasteiger partial charge in [-0.1, -0.05) is 12.2 Å². The number of rotatable bonds is 4. The van der Waals surface area contributed by atoms with Crippen molar-refractivity contribution in [2.24, 2.45) is 0 Å². The minimum absolute atomic E-state index is 0.443. The van der Waals surface area contributed by atoms with E-state index in [-0.39, 0.29) is 0 Å². The molecule has 0 aliphatic rings. The number of ether oxygens (including phenoxy) is 1. The quantitative estimate of drug-likeness (QED) is 0.859. The smallest absolute Gasteiger partial charge is 0.134 e. The maximum atomic E-state index is 5.34. The zero-order chi connectivity index (χ0) is 13.0. The Balaban J connectivity index is 2.38. The molecule has 0 saturated carbocycles. The zero-order valence-electron chi connectivity index (χ0n) is 10.4. The molecule has 0 aliphatic heterocycles. The lowest BCUT2D eigenvalue weighted by atomic mass is 10.1. The van der Waals surface area contributed by atoms with Crippen LogP contribution in [0.25, 0.3) is 11.3 Å². The molecule has 0 fully saturated rings. The highest BCUT2D eigenvalue weighted by atomic mass is 32.1. The van der Waals surface area contributed by atoms with E-state index in [9.17, 15) is 0 Å². The van der Waals surface area contributed by atoms with Gasteiger partial charge < -0.3 is 9.72 Å². The predicted octanol–water partition coefficient (Wildman–Crippen LogP) is 3.05. The van der Waals surface area contributed by atoms with E-state index in [1.54, 1.807) is 6.20 Å². The van der Waals surface area contributed by atoms with Gasteiger partial charge in [0.15, 0.2) is 0 Å². The molecule has 18 heavy (non-hydrogen) atoms. The first-order chi connectivity index (χ1) is 8.69. The molecule has 2 aromatic heterocycles. The highest BCUT2D eigenvalue weighted by Gasteiger charge is 2.02. The van der Waals surface area contributed by atoms with Gasteiger partial charge in [-0.2, -0.15) is 0 Å². The molecule has 0 atom stereocenters. The summed E-state index contributed by atoms with van der Waals surface area (Å²) in [5.74, 6) is 0.744. The number of aryl methyl sites for hydroxylation is 1. The minimum Gasteiger partial charge on any atom is -0.374 e. The first kappa shape index (κ1) is 12.9. The average molecular weight is 261 g/mol. The van der Waals surface area contributed by atoms with E-state index in [0.717, 1.165) is 22.8 Å². The molecular weight excluding hydrogens is 246 g/mol. The topological polar surface area (TPSA) is 50.8 Å². The predicted molar refractivity (Wildman–Crippen MR) is 72.7 cm³/mol. The van der Waals surface area contributed by atoms with Crippen LogP contribution in [0.4, 0.5) is 0 Å². The zero-order valence-corrected chi connectivity index (χ0v) is 11.3. The van der Waals surface area contributed by atoms with Gasteiger partial charge in [-0.3, -0.25) is 4.98 Å². The Morgan fingerprint density at radius 3 is 2.94 bits per heavy atom. The number of hydrogen-bond acceptors (Lipinski definition) is 4. The van der Waals surface area contributed by atoms with Gasteiger partial charge in [0.25, 0.3) is 0 Å². The molecule has 2 heterocycles. The van der Waals surface area contributed by atoms with Crippen LogP contribution in [0.5, 0.6) is 0 Å². The van der Waals surface area contributed by atoms with Crippen LogP contribution in [0.2, 0.25) is 0 Å². The van der Waals surface area contributed by atoms with E-state index < -0.39 is 0 Å². The Morgan fingerprint density at radius 1 is 1.39 bits per heavy atom. The molecule has 0 saturated heterocycles. The van der Waals surface area contributed by atoms with E-state index in [4.69, 9.17) is 17.0 Å². The van der Waals surface area contributed by atoms with Gasteiger partial charge in [-0.15, -0.1) is 0 Å². The van der Waals surface area contributed by atoms with Crippen molar-refractivity contribution in [2.75, 3.05) is 6.61 Å². The first-order valence-corrected chi connectivity index (χ1v) is 6.21. The molecular formula is C13H15N3OS. The Labute approximate surface area is 111 Å². The fourth-order valence-corrected chi connectivity index (χ4v) is 1.87. The minimum atomic E-state index is 0.443. The Hall–Kier alpha value is -1.59. The summed E-state index contributed by atoms with van der Waals surface area (Å²) < 4.78 is 5.90. The van der Waals surface area contributed by atoms with Gasteiger partial charge in [-0.25, -0.2) is 4.98 Å². The third kappa shape index (κ3) is 3.21. The largest absolute Gasteiger partial charge is 0.374 e. The lowest BCUT2D eigenvalue weighted by Crippen LogP contribution is -2.00. The van der Waals surface area contributed by atoms with Gasteiger partial charge in [0.05, 0.1) is 0 Å². The third-order valence-corrected chi connectivity index (χ3v) is 2.65. The van der Waals surface area contributed by atoms with Crippen molar-refractivity contribution in [3.05, 3.63) is 40.6 Å². The second kappa shape index (κ2) is 5.84. The highest BCUT2D eigenvalue weighted by molar-refractivity contribution is 7.71. The summed E-state index contributed by atoms with van der Waals surface area (Å²) in [6, 6.07) is 5.79. The van der Waals surface area contributed by atoms with Crippen LogP contribution in [0, 0.1) is 11.6 Å². The number of aromatic amines is 1. The van der Waals surface area contributed by atoms with Crippen molar-refractivity contribution in [3.8, 4) is 11.3 Å². The van der Waals surface area contributed by atoms with Gasteiger partial charge in [0.2, 0.25) is 0 Å². The van der Waals surface area contributed by atoms with E-state index in [1.165, 1.54) is 0 Å². The molecule has 0 aromatic carbocycles. The van der Waals surface area contributed by atoms with Crippen molar-refractivity contribution in [1.29, 1.82) is 0 Å². The second-order valence-corrected chi connectivity index (χ2v) is 4.32. The molecule has 0 amide bonds. The fraction of sp³-hybridized carbons (Fsp3) is 0.308. The summed E-state index contributed by atoms with van der Waals surface area (Å²) in [6.45, 7) is 5.00. The van der Waals surface area contributed by atoms with E-state index in [0.29, 0.717) is 17.9 Å². The second-order valence-electron chi connectivity index (χ2n) is 3.90. The van der Waals surface area contributed by atoms with Crippen LogP contribution >= 0.6 is 12.2 Å². The Bertz CT molecular complexity index is 595. The van der Waals surface area contributed by atoms with Crippen molar-refractivity contribution in [2.45, 2.75) is 20.5 Å². The summed E-state index contributed by atoms with van der Waals surface area (Å²) >= 11 is 5.17. The van der Waals surface area contributed by atoms with Crippen molar-refractivity contribution < 1.29 is 4.74 Å². The molecule has 0 radical (unpaired) electrons. The maximum Gasteiger partial charge on any atom is 0.134 e. The number of nitrogens with zero attached hydrogens (tertiary/aromatic N) is 2. The van der Waals surface area contributed by atoms with Crippen LogP contribution in [-0.4, -0.2) is 21.6 Å². The average Bonchev–Trinajstić information content (AvgIpc) is 2.36. The monoisotopic (exact) mass is 261 g/mol. The number of nitrogens with one attached hydrogen (secondary N) is 1. The molecule has 1 N–H and O–H groups in total. The SMILES string of the molecule is CCOCc1nc(=S)cc(-c2ccnc(C)c2)[nH]1. The van der Waals surface area contributed by atoms with Gasteiger partial charge in [0.1, 0.15) is 17.1 Å². The van der Waals surface area contributed by atoms with Crippen LogP contribution in [0.3, 0.4) is 0 Å². The lowest BCUT2D eigenvalue weighted by Gasteiger charge is -2.06. The van der Waals surface area contributed by atoms with Gasteiger partial charge in [-0.05, 0) is 32.0 Å². The molecule has 0 aliphatic carbocycles. The third-order valence-electron chi connectivity index (χ3n) is 2.44. The standard InChI is InChI=1S/C13H15N3OS/c1-3-17-8-12-15-11(7-13(18)16-12)10-4-5-14-9(2)6-10/h4-7H,3,8H2,1-2H3,(H,15,16,18). The van der Waals surface area contributed by atoms with Crippen molar-refractivity contribution in [3.63, 3.8) is 0 Å². The maximum absolute atomic E-state index is 5.34. The van der Waals surface area contributed by atoms with E-state index in [1.807, 2.05) is 32.0 Å². The van der Waals surface area contributed by atoms with E-state index in [2.05, 4.69) is 15.0 Å². The van der Waals surface area contributed by atoms with Gasteiger partial charge >= 0.3 is 0 Å². The van der Waals surface area contributed by atoms with Gasteiger partial charge in [0, 0.05) is 29.8 Å². The molecule has 4 nitrogen and oxygen atoms in total. The summed E-state index contributed by atoms with van der Waals surface area (Å²) in [4.78, 5) is 11.7. The molecule has 5 heteroatoms. The lowest BCUT2D eigenvalue weighted by molar-refractivity contribution is 0.128. The van der Waals surface area contributed by atoms with Crippen molar-refractivity contribution >= 4 is 12.2 Å². The van der Waals surface area contributed by atoms with Crippen LogP contribution in [0.15, 0.2) is 24.4 Å². The van der Waals surface area contributed by atoms with Crippen LogP contribution in [0.1, 0.15) is 18.4 Å². The highest BCUT2D eigenvalue weighted by Crippen LogP contribution is 2.17. The Morgan fingerprint density at radius 2 is 2.22 bits per heavy atom. The summed E-state index contributed by atoms with van der Waals surface area (Å²) in [5.41, 5.74) is 2.96. The number of aromatic nitrogens is 3. The molecule has 0 spiro atoms.